The second kappa shape index (κ2) is 11.8. The fraction of sp³-hybridized carbons (Fsp3) is 0.280. The minimum Gasteiger partial charge on any atom is -0.493 e. The third kappa shape index (κ3) is 5.61. The van der Waals surface area contributed by atoms with Crippen molar-refractivity contribution in [2.45, 2.75) is 17.7 Å². The number of hydrogen-bond donors (Lipinski definition) is 1. The molecule has 35 heavy (non-hydrogen) atoms. The molecule has 0 radical (unpaired) electrons. The van der Waals surface area contributed by atoms with Crippen LogP contribution in [0.4, 0.5) is 0 Å². The third-order valence-corrected chi connectivity index (χ3v) is 6.46. The molecule has 1 atom stereocenters. The van der Waals surface area contributed by atoms with Gasteiger partial charge in [0.25, 0.3) is 0 Å². The van der Waals surface area contributed by atoms with Gasteiger partial charge in [0.05, 0.1) is 45.2 Å². The van der Waals surface area contributed by atoms with Crippen LogP contribution in [0.2, 0.25) is 5.02 Å². The third-order valence-electron chi connectivity index (χ3n) is 5.20. The van der Waals surface area contributed by atoms with E-state index in [9.17, 15) is 10.1 Å². The van der Waals surface area contributed by atoms with Crippen molar-refractivity contribution in [2.75, 3.05) is 33.7 Å². The number of ether oxygens (including phenoxy) is 5. The van der Waals surface area contributed by atoms with Crippen LogP contribution in [0.5, 0.6) is 17.2 Å². The highest BCUT2D eigenvalue weighted by Gasteiger charge is 2.38. The van der Waals surface area contributed by atoms with Gasteiger partial charge in [0.15, 0.2) is 11.5 Å². The summed E-state index contributed by atoms with van der Waals surface area (Å²) in [6, 6.07) is 12.7. The number of methoxy groups -OCH3 is 3. The van der Waals surface area contributed by atoms with Crippen molar-refractivity contribution in [3.8, 4) is 23.3 Å². The van der Waals surface area contributed by atoms with Gasteiger partial charge < -0.3 is 29.4 Å². The topological polar surface area (TPSA) is 113 Å². The number of carbonyl (C=O) groups is 1. The number of hydrogen-bond acceptors (Lipinski definition) is 9. The van der Waals surface area contributed by atoms with Gasteiger partial charge in [-0.15, -0.1) is 11.8 Å². The van der Waals surface area contributed by atoms with Crippen molar-refractivity contribution < 1.29 is 28.5 Å². The summed E-state index contributed by atoms with van der Waals surface area (Å²) in [7, 11) is 4.45. The lowest BCUT2D eigenvalue weighted by molar-refractivity contribution is -0.139. The lowest BCUT2D eigenvalue weighted by Gasteiger charge is -2.28. The van der Waals surface area contributed by atoms with Gasteiger partial charge >= 0.3 is 5.97 Å². The number of benzene rings is 2. The number of allylic oxidation sites excluding steroid dienone is 1. The Bertz CT molecular complexity index is 1180. The van der Waals surface area contributed by atoms with Crippen molar-refractivity contribution >= 4 is 29.3 Å². The molecular formula is C25H25ClN2O6S. The van der Waals surface area contributed by atoms with E-state index < -0.39 is 11.9 Å². The van der Waals surface area contributed by atoms with Gasteiger partial charge in [-0.25, -0.2) is 4.79 Å². The minimum absolute atomic E-state index is 0.0718. The summed E-state index contributed by atoms with van der Waals surface area (Å²) in [6.07, 6.45) is 0. The van der Waals surface area contributed by atoms with E-state index in [4.69, 9.17) is 41.0 Å². The summed E-state index contributed by atoms with van der Waals surface area (Å²) in [6.45, 7) is 1.84. The first kappa shape index (κ1) is 26.1. The Labute approximate surface area is 213 Å². The summed E-state index contributed by atoms with van der Waals surface area (Å²) >= 11 is 7.41. The van der Waals surface area contributed by atoms with Gasteiger partial charge in [0, 0.05) is 9.92 Å². The molecule has 1 unspecified atom stereocenters. The highest BCUT2D eigenvalue weighted by atomic mass is 35.5. The Morgan fingerprint density at radius 3 is 2.29 bits per heavy atom. The molecule has 0 saturated carbocycles. The van der Waals surface area contributed by atoms with Crippen LogP contribution in [0.25, 0.3) is 0 Å². The zero-order chi connectivity index (χ0) is 25.5. The fourth-order valence-corrected chi connectivity index (χ4v) is 4.61. The van der Waals surface area contributed by atoms with E-state index in [2.05, 4.69) is 6.07 Å². The SMILES string of the molecule is CCOC(=O)C1=C(CSc2ccc(Cl)cc2)OC(N)=C(C#N)C1c1cc(OC)c(OC)c(OC)c1. The Morgan fingerprint density at radius 1 is 1.14 bits per heavy atom. The van der Waals surface area contributed by atoms with Gasteiger partial charge in [-0.05, 0) is 48.9 Å². The summed E-state index contributed by atoms with van der Waals surface area (Å²) in [5, 5.41) is 10.6. The van der Waals surface area contributed by atoms with Crippen LogP contribution in [0.3, 0.4) is 0 Å². The minimum atomic E-state index is -0.873. The molecule has 3 rings (SSSR count). The van der Waals surface area contributed by atoms with Gasteiger partial charge in [-0.1, -0.05) is 11.6 Å². The quantitative estimate of drug-likeness (QED) is 0.371. The number of halogens is 1. The number of nitrogens with two attached hydrogens (primary N) is 1. The van der Waals surface area contributed by atoms with Crippen LogP contribution >= 0.6 is 23.4 Å². The molecule has 0 bridgehead atoms. The zero-order valence-electron chi connectivity index (χ0n) is 19.7. The number of rotatable bonds is 9. The molecule has 0 saturated heterocycles. The molecule has 0 aliphatic carbocycles. The predicted octanol–water partition coefficient (Wildman–Crippen LogP) is 4.78. The van der Waals surface area contributed by atoms with Crippen LogP contribution in [0.1, 0.15) is 18.4 Å². The van der Waals surface area contributed by atoms with E-state index in [0.717, 1.165) is 4.90 Å². The lowest BCUT2D eigenvalue weighted by atomic mass is 9.82. The Balaban J connectivity index is 2.17. The molecule has 1 aliphatic heterocycles. The first-order valence-electron chi connectivity index (χ1n) is 10.5. The molecule has 0 aromatic heterocycles. The van der Waals surface area contributed by atoms with E-state index in [1.54, 1.807) is 31.2 Å². The summed E-state index contributed by atoms with van der Waals surface area (Å²) < 4.78 is 27.5. The number of carbonyl (C=O) groups excluding carboxylic acids is 1. The van der Waals surface area contributed by atoms with Crippen LogP contribution in [-0.2, 0) is 14.3 Å². The summed E-state index contributed by atoms with van der Waals surface area (Å²) in [5.41, 5.74) is 6.94. The second-order valence-electron chi connectivity index (χ2n) is 7.18. The Morgan fingerprint density at radius 2 is 1.77 bits per heavy atom. The number of esters is 1. The van der Waals surface area contributed by atoms with Crippen LogP contribution in [0.15, 0.2) is 64.1 Å². The van der Waals surface area contributed by atoms with Gasteiger partial charge in [0.2, 0.25) is 11.6 Å². The van der Waals surface area contributed by atoms with E-state index in [0.29, 0.717) is 33.6 Å². The van der Waals surface area contributed by atoms with Gasteiger partial charge in [-0.2, -0.15) is 5.26 Å². The molecule has 2 aromatic carbocycles. The molecule has 1 heterocycles. The molecule has 184 valence electrons. The largest absolute Gasteiger partial charge is 0.493 e. The van der Waals surface area contributed by atoms with Crippen molar-refractivity contribution in [3.05, 3.63) is 69.8 Å². The zero-order valence-corrected chi connectivity index (χ0v) is 21.3. The summed E-state index contributed by atoms with van der Waals surface area (Å²) in [4.78, 5) is 14.1. The highest BCUT2D eigenvalue weighted by Crippen LogP contribution is 2.46. The van der Waals surface area contributed by atoms with Gasteiger partial charge in [-0.3, -0.25) is 0 Å². The van der Waals surface area contributed by atoms with Crippen molar-refractivity contribution in [1.29, 1.82) is 5.26 Å². The molecule has 2 aromatic rings. The average molecular weight is 517 g/mol. The molecule has 8 nitrogen and oxygen atoms in total. The van der Waals surface area contributed by atoms with Crippen molar-refractivity contribution in [1.82, 2.24) is 0 Å². The number of thioether (sulfide) groups is 1. The van der Waals surface area contributed by atoms with Crippen molar-refractivity contribution in [3.63, 3.8) is 0 Å². The molecule has 0 amide bonds. The first-order chi connectivity index (χ1) is 16.9. The van der Waals surface area contributed by atoms with E-state index in [1.807, 2.05) is 12.1 Å². The standard InChI is InChI=1S/C25H25ClN2O6S/c1-5-33-25(29)22-20(13-35-16-8-6-15(26)7-9-16)34-24(28)17(12-27)21(22)14-10-18(30-2)23(32-4)19(11-14)31-3/h6-11,21H,5,13,28H2,1-4H3. The molecule has 2 N–H and O–H groups in total. The van der Waals surface area contributed by atoms with Crippen LogP contribution in [0, 0.1) is 11.3 Å². The fourth-order valence-electron chi connectivity index (χ4n) is 3.64. The van der Waals surface area contributed by atoms with E-state index in [-0.39, 0.29) is 29.4 Å². The molecule has 0 spiro atoms. The number of nitriles is 1. The molecule has 1 aliphatic rings. The monoisotopic (exact) mass is 516 g/mol. The van der Waals surface area contributed by atoms with Gasteiger partial charge in [0.1, 0.15) is 17.4 Å². The lowest BCUT2D eigenvalue weighted by Crippen LogP contribution is -2.27. The number of nitrogens with zero attached hydrogens (tertiary/aromatic N) is 1. The smallest absolute Gasteiger partial charge is 0.338 e. The molecule has 10 heteroatoms. The molecular weight excluding hydrogens is 492 g/mol. The maximum absolute atomic E-state index is 13.2. The molecule has 0 fully saturated rings. The van der Waals surface area contributed by atoms with E-state index in [1.165, 1.54) is 33.1 Å². The van der Waals surface area contributed by atoms with Crippen LogP contribution in [-0.4, -0.2) is 39.7 Å². The van der Waals surface area contributed by atoms with Crippen LogP contribution < -0.4 is 19.9 Å². The predicted molar refractivity (Wildman–Crippen MR) is 133 cm³/mol. The van der Waals surface area contributed by atoms with E-state index >= 15 is 0 Å². The second-order valence-corrected chi connectivity index (χ2v) is 8.67. The maximum atomic E-state index is 13.2. The average Bonchev–Trinajstić information content (AvgIpc) is 2.86. The normalized spacial score (nSPS) is 15.3. The Hall–Kier alpha value is -3.48. The highest BCUT2D eigenvalue weighted by molar-refractivity contribution is 7.99. The van der Waals surface area contributed by atoms with Crippen molar-refractivity contribution in [2.24, 2.45) is 5.73 Å². The summed E-state index contributed by atoms with van der Waals surface area (Å²) in [5.74, 6) is 0.0801. The first-order valence-corrected chi connectivity index (χ1v) is 11.9. The maximum Gasteiger partial charge on any atom is 0.338 e. The Kier molecular flexibility index (Phi) is 8.79.